The fraction of sp³-hybridized carbons (Fsp3) is 0.400. The zero-order chi connectivity index (χ0) is 15.2. The molecule has 2 nitrogen and oxygen atoms in total. The van der Waals surface area contributed by atoms with Crippen LogP contribution in [0.4, 0.5) is 0 Å². The summed E-state index contributed by atoms with van der Waals surface area (Å²) in [5.74, 6) is 0.521. The third kappa shape index (κ3) is 3.76. The lowest BCUT2D eigenvalue weighted by atomic mass is 9.81. The SMILES string of the molecule is [O-][NH+](Cc1ccccc1)C(c1ccccc1)C1CCCCC1. The molecule has 2 unspecified atom stereocenters. The topological polar surface area (TPSA) is 27.5 Å². The molecule has 0 radical (unpaired) electrons. The maximum absolute atomic E-state index is 13.0. The third-order valence-electron chi connectivity index (χ3n) is 4.85. The van der Waals surface area contributed by atoms with Crippen LogP contribution in [-0.2, 0) is 6.54 Å². The molecule has 116 valence electrons. The molecule has 22 heavy (non-hydrogen) atoms. The molecular weight excluding hydrogens is 270 g/mol. The maximum Gasteiger partial charge on any atom is 0.116 e. The number of rotatable bonds is 5. The largest absolute Gasteiger partial charge is 0.634 e. The maximum atomic E-state index is 13.0. The molecule has 1 aliphatic rings. The number of benzene rings is 2. The smallest absolute Gasteiger partial charge is 0.116 e. The van der Waals surface area contributed by atoms with Crippen LogP contribution in [-0.4, -0.2) is 0 Å². The van der Waals surface area contributed by atoms with Gasteiger partial charge in [-0.1, -0.05) is 79.9 Å². The van der Waals surface area contributed by atoms with Gasteiger partial charge in [0.2, 0.25) is 0 Å². The molecule has 1 N–H and O–H groups in total. The van der Waals surface area contributed by atoms with Crippen molar-refractivity contribution in [3.63, 3.8) is 0 Å². The standard InChI is InChI=1S/C20H25NO/c22-21(16-17-10-4-1-5-11-17)20(18-12-6-2-7-13-18)19-14-8-3-9-15-19/h1-2,4-7,10-13,19-21H,3,8-9,14-16H2. The molecule has 2 heteroatoms. The van der Waals surface area contributed by atoms with Crippen LogP contribution < -0.4 is 5.06 Å². The summed E-state index contributed by atoms with van der Waals surface area (Å²) >= 11 is 0. The van der Waals surface area contributed by atoms with Gasteiger partial charge in [-0.15, -0.1) is 0 Å². The van der Waals surface area contributed by atoms with Gasteiger partial charge in [-0.3, -0.25) is 0 Å². The Morgan fingerprint density at radius 1 is 0.864 bits per heavy atom. The van der Waals surface area contributed by atoms with E-state index in [-0.39, 0.29) is 6.04 Å². The first-order valence-corrected chi connectivity index (χ1v) is 8.46. The lowest BCUT2D eigenvalue weighted by Crippen LogP contribution is -3.07. The summed E-state index contributed by atoms with van der Waals surface area (Å²) in [7, 11) is 0. The minimum absolute atomic E-state index is 0.0710. The third-order valence-corrected chi connectivity index (χ3v) is 4.85. The van der Waals surface area contributed by atoms with Gasteiger partial charge < -0.3 is 10.3 Å². The van der Waals surface area contributed by atoms with Crippen molar-refractivity contribution in [1.82, 2.24) is 0 Å². The second-order valence-corrected chi connectivity index (χ2v) is 6.42. The van der Waals surface area contributed by atoms with Crippen LogP contribution in [0.15, 0.2) is 60.7 Å². The van der Waals surface area contributed by atoms with Crippen molar-refractivity contribution in [3.8, 4) is 0 Å². The van der Waals surface area contributed by atoms with Crippen LogP contribution in [0.25, 0.3) is 0 Å². The number of quaternary nitrogens is 1. The van der Waals surface area contributed by atoms with Crippen LogP contribution in [0.1, 0.15) is 49.3 Å². The van der Waals surface area contributed by atoms with Crippen molar-refractivity contribution in [1.29, 1.82) is 0 Å². The highest BCUT2D eigenvalue weighted by atomic mass is 16.5. The Morgan fingerprint density at radius 2 is 1.45 bits per heavy atom. The normalized spacial score (nSPS) is 18.8. The summed E-state index contributed by atoms with van der Waals surface area (Å²) in [5, 5.41) is 13.4. The van der Waals surface area contributed by atoms with E-state index >= 15 is 0 Å². The number of hydrogen-bond donors (Lipinski definition) is 1. The van der Waals surface area contributed by atoms with Crippen molar-refractivity contribution in [2.24, 2.45) is 5.92 Å². The molecule has 0 saturated heterocycles. The summed E-state index contributed by atoms with van der Waals surface area (Å²) in [6.07, 6.45) is 6.25. The summed E-state index contributed by atoms with van der Waals surface area (Å²) in [4.78, 5) is 0. The highest BCUT2D eigenvalue weighted by molar-refractivity contribution is 5.19. The lowest BCUT2D eigenvalue weighted by Gasteiger charge is -2.38. The molecule has 0 bridgehead atoms. The predicted molar refractivity (Wildman–Crippen MR) is 90.2 cm³/mol. The van der Waals surface area contributed by atoms with Crippen molar-refractivity contribution in [2.45, 2.75) is 44.7 Å². The van der Waals surface area contributed by atoms with Gasteiger partial charge in [-0.25, -0.2) is 0 Å². The van der Waals surface area contributed by atoms with Crippen molar-refractivity contribution in [3.05, 3.63) is 77.0 Å². The van der Waals surface area contributed by atoms with Gasteiger partial charge in [-0.05, 0) is 12.8 Å². The zero-order valence-electron chi connectivity index (χ0n) is 13.1. The summed E-state index contributed by atoms with van der Waals surface area (Å²) in [6, 6.07) is 20.6. The first kappa shape index (κ1) is 15.3. The molecule has 2 aromatic rings. The van der Waals surface area contributed by atoms with E-state index in [1.165, 1.54) is 37.7 Å². The highest BCUT2D eigenvalue weighted by Gasteiger charge is 2.30. The molecule has 0 aromatic heterocycles. The predicted octanol–water partition coefficient (Wildman–Crippen LogP) is 3.89. The molecule has 1 saturated carbocycles. The fourth-order valence-electron chi connectivity index (χ4n) is 3.76. The van der Waals surface area contributed by atoms with E-state index in [4.69, 9.17) is 0 Å². The number of nitrogens with one attached hydrogen (secondary N) is 1. The lowest BCUT2D eigenvalue weighted by molar-refractivity contribution is -0.901. The molecule has 0 spiro atoms. The van der Waals surface area contributed by atoms with E-state index in [2.05, 4.69) is 36.4 Å². The van der Waals surface area contributed by atoms with Gasteiger partial charge in [0.05, 0.1) is 0 Å². The quantitative estimate of drug-likeness (QED) is 0.833. The zero-order valence-corrected chi connectivity index (χ0v) is 13.1. The van der Waals surface area contributed by atoms with Gasteiger partial charge in [0.1, 0.15) is 12.6 Å². The second-order valence-electron chi connectivity index (χ2n) is 6.42. The highest BCUT2D eigenvalue weighted by Crippen LogP contribution is 2.32. The minimum atomic E-state index is 0.0710. The van der Waals surface area contributed by atoms with Gasteiger partial charge in [-0.2, -0.15) is 0 Å². The van der Waals surface area contributed by atoms with Gasteiger partial charge >= 0.3 is 0 Å². The Labute approximate surface area is 133 Å². The molecule has 2 atom stereocenters. The summed E-state index contributed by atoms with van der Waals surface area (Å²) in [6.45, 7) is 0.552. The van der Waals surface area contributed by atoms with Gasteiger partial charge in [0.25, 0.3) is 0 Å². The fourth-order valence-corrected chi connectivity index (χ4v) is 3.76. The van der Waals surface area contributed by atoms with Crippen LogP contribution in [0.2, 0.25) is 0 Å². The average molecular weight is 295 g/mol. The Hall–Kier alpha value is -1.64. The van der Waals surface area contributed by atoms with E-state index < -0.39 is 0 Å². The molecule has 2 aromatic carbocycles. The molecule has 1 aliphatic carbocycles. The molecule has 1 fully saturated rings. The van der Waals surface area contributed by atoms with E-state index in [9.17, 15) is 5.21 Å². The van der Waals surface area contributed by atoms with E-state index in [1.807, 2.05) is 24.3 Å². The first-order chi connectivity index (χ1) is 10.8. The Bertz CT molecular complexity index is 548. The minimum Gasteiger partial charge on any atom is -0.634 e. The number of hydroxylamine groups is 2. The van der Waals surface area contributed by atoms with E-state index in [0.29, 0.717) is 17.5 Å². The van der Waals surface area contributed by atoms with Gasteiger partial charge in [0, 0.05) is 17.0 Å². The summed E-state index contributed by atoms with van der Waals surface area (Å²) < 4.78 is 0. The van der Waals surface area contributed by atoms with Crippen molar-refractivity contribution in [2.75, 3.05) is 0 Å². The molecule has 0 amide bonds. The van der Waals surface area contributed by atoms with Crippen LogP contribution in [0.3, 0.4) is 0 Å². The Morgan fingerprint density at radius 3 is 2.09 bits per heavy atom. The molecular formula is C20H25NO. The average Bonchev–Trinajstić information content (AvgIpc) is 2.58. The number of hydrogen-bond acceptors (Lipinski definition) is 1. The Kier molecular flexibility index (Phi) is 5.25. The van der Waals surface area contributed by atoms with Crippen LogP contribution in [0.5, 0.6) is 0 Å². The van der Waals surface area contributed by atoms with E-state index in [0.717, 1.165) is 5.56 Å². The second kappa shape index (κ2) is 7.57. The monoisotopic (exact) mass is 295 g/mol. The van der Waals surface area contributed by atoms with Crippen molar-refractivity contribution >= 4 is 0 Å². The van der Waals surface area contributed by atoms with Crippen LogP contribution >= 0.6 is 0 Å². The van der Waals surface area contributed by atoms with Crippen molar-refractivity contribution < 1.29 is 5.06 Å². The first-order valence-electron chi connectivity index (χ1n) is 8.46. The molecule has 0 aliphatic heterocycles. The Balaban J connectivity index is 1.81. The van der Waals surface area contributed by atoms with E-state index in [1.54, 1.807) is 0 Å². The van der Waals surface area contributed by atoms with Crippen LogP contribution in [0, 0.1) is 11.1 Å². The molecule has 0 heterocycles. The molecule has 3 rings (SSSR count). The van der Waals surface area contributed by atoms with Gasteiger partial charge in [0.15, 0.2) is 0 Å². The summed E-state index contributed by atoms with van der Waals surface area (Å²) in [5.41, 5.74) is 2.33.